The van der Waals surface area contributed by atoms with E-state index in [2.05, 4.69) is 5.32 Å². The van der Waals surface area contributed by atoms with E-state index in [0.717, 1.165) is 4.90 Å². The zero-order valence-corrected chi connectivity index (χ0v) is 12.2. The number of thioether (sulfide) groups is 1. The molecule has 0 saturated carbocycles. The molecule has 0 aromatic carbocycles. The van der Waals surface area contributed by atoms with Gasteiger partial charge in [-0.25, -0.2) is 4.79 Å². The Labute approximate surface area is 124 Å². The first-order chi connectivity index (χ1) is 9.82. The van der Waals surface area contributed by atoms with Crippen LogP contribution < -0.4 is 5.32 Å². The van der Waals surface area contributed by atoms with Crippen molar-refractivity contribution in [2.75, 3.05) is 12.4 Å². The zero-order chi connectivity index (χ0) is 15.7. The van der Waals surface area contributed by atoms with Crippen molar-refractivity contribution in [3.63, 3.8) is 0 Å². The van der Waals surface area contributed by atoms with Gasteiger partial charge < -0.3 is 15.2 Å². The third-order valence-corrected chi connectivity index (χ3v) is 4.40. The number of carboxylic acids is 1. The summed E-state index contributed by atoms with van der Waals surface area (Å²) in [6.07, 6.45) is 0. The van der Waals surface area contributed by atoms with Crippen molar-refractivity contribution in [3.8, 4) is 0 Å². The minimum atomic E-state index is -1.25. The molecule has 0 aromatic heterocycles. The normalized spacial score (nSPS) is 24.1. The number of β-lactam (4-membered cyclic amide) rings is 1. The Balaban J connectivity index is 2.22. The molecule has 1 saturated heterocycles. The van der Waals surface area contributed by atoms with Crippen molar-refractivity contribution in [1.82, 2.24) is 10.2 Å². The van der Waals surface area contributed by atoms with E-state index in [0.29, 0.717) is 11.3 Å². The van der Waals surface area contributed by atoms with E-state index < -0.39 is 29.3 Å². The van der Waals surface area contributed by atoms with Crippen LogP contribution in [0.2, 0.25) is 0 Å². The Kier molecular flexibility index (Phi) is 4.21. The molecule has 21 heavy (non-hydrogen) atoms. The number of carboxylic acid groups (broad SMARTS) is 1. The first-order valence-corrected chi connectivity index (χ1v) is 7.18. The molecule has 2 atom stereocenters. The number of esters is 1. The number of hydrogen-bond acceptors (Lipinski definition) is 6. The Morgan fingerprint density at radius 2 is 2.10 bits per heavy atom. The lowest BCUT2D eigenvalue weighted by Gasteiger charge is -2.49. The van der Waals surface area contributed by atoms with Crippen molar-refractivity contribution >= 4 is 35.5 Å². The van der Waals surface area contributed by atoms with E-state index in [9.17, 15) is 24.3 Å². The number of hydrogen-bond donors (Lipinski definition) is 2. The quantitative estimate of drug-likeness (QED) is 0.521. The fraction of sp³-hybridized carbons (Fsp3) is 0.500. The van der Waals surface area contributed by atoms with Crippen molar-refractivity contribution in [1.29, 1.82) is 0 Å². The number of fused-ring (bicyclic) bond motifs is 1. The predicted octanol–water partition coefficient (Wildman–Crippen LogP) is -0.692. The zero-order valence-electron chi connectivity index (χ0n) is 11.4. The minimum absolute atomic E-state index is 0.161. The van der Waals surface area contributed by atoms with Gasteiger partial charge in [0, 0.05) is 25.2 Å². The summed E-state index contributed by atoms with van der Waals surface area (Å²) in [5.74, 6) is -2.28. The molecule has 1 unspecified atom stereocenters. The smallest absolute Gasteiger partial charge is 0.352 e. The summed E-state index contributed by atoms with van der Waals surface area (Å²) in [6.45, 7) is 2.36. The molecule has 2 N–H and O–H groups in total. The van der Waals surface area contributed by atoms with Gasteiger partial charge in [0.2, 0.25) is 5.91 Å². The van der Waals surface area contributed by atoms with Crippen LogP contribution in [0.25, 0.3) is 0 Å². The monoisotopic (exact) mass is 314 g/mol. The van der Waals surface area contributed by atoms with Gasteiger partial charge in [0.15, 0.2) is 0 Å². The number of amides is 2. The van der Waals surface area contributed by atoms with Gasteiger partial charge in [-0.15, -0.1) is 11.8 Å². The van der Waals surface area contributed by atoms with Gasteiger partial charge >= 0.3 is 11.9 Å². The van der Waals surface area contributed by atoms with Gasteiger partial charge in [0.1, 0.15) is 23.7 Å². The Hall–Kier alpha value is -2.03. The molecule has 2 rings (SSSR count). The third kappa shape index (κ3) is 2.87. The maximum atomic E-state index is 12.0. The summed E-state index contributed by atoms with van der Waals surface area (Å²) in [5, 5.41) is 11.4. The van der Waals surface area contributed by atoms with E-state index in [1.54, 1.807) is 0 Å². The lowest BCUT2D eigenvalue weighted by Crippen LogP contribution is -2.70. The van der Waals surface area contributed by atoms with Crippen molar-refractivity contribution in [3.05, 3.63) is 11.3 Å². The molecule has 0 aliphatic carbocycles. The third-order valence-electron chi connectivity index (χ3n) is 3.06. The van der Waals surface area contributed by atoms with E-state index >= 15 is 0 Å². The summed E-state index contributed by atoms with van der Waals surface area (Å²) < 4.78 is 4.81. The fourth-order valence-electron chi connectivity index (χ4n) is 2.20. The van der Waals surface area contributed by atoms with Gasteiger partial charge in [0.05, 0.1) is 0 Å². The SMILES string of the molecule is CC(=O)NC1C(=O)N2C(C(=O)O)=C(COC(C)=O)CS[C@H]12. The maximum absolute atomic E-state index is 12.0. The summed E-state index contributed by atoms with van der Waals surface area (Å²) in [4.78, 5) is 46.4. The topological polar surface area (TPSA) is 113 Å². The van der Waals surface area contributed by atoms with E-state index in [1.807, 2.05) is 0 Å². The molecule has 2 heterocycles. The number of aliphatic carboxylic acids is 1. The van der Waals surface area contributed by atoms with E-state index in [4.69, 9.17) is 4.74 Å². The Morgan fingerprint density at radius 3 is 2.62 bits per heavy atom. The van der Waals surface area contributed by atoms with Crippen molar-refractivity contribution in [2.24, 2.45) is 0 Å². The number of ether oxygens (including phenoxy) is 1. The number of carbonyl (C=O) groups is 4. The fourth-order valence-corrected chi connectivity index (χ4v) is 3.53. The van der Waals surface area contributed by atoms with E-state index in [-0.39, 0.29) is 18.2 Å². The summed E-state index contributed by atoms with van der Waals surface area (Å²) in [6, 6.07) is -0.711. The minimum Gasteiger partial charge on any atom is -0.477 e. The molecule has 0 spiro atoms. The summed E-state index contributed by atoms with van der Waals surface area (Å²) in [7, 11) is 0. The van der Waals surface area contributed by atoms with E-state index in [1.165, 1.54) is 25.6 Å². The molecule has 0 radical (unpaired) electrons. The van der Waals surface area contributed by atoms with Crippen LogP contribution in [0.4, 0.5) is 0 Å². The predicted molar refractivity (Wildman–Crippen MR) is 72.0 cm³/mol. The van der Waals surface area contributed by atoms with Crippen LogP contribution in [0.3, 0.4) is 0 Å². The Bertz CT molecular complexity index is 558. The highest BCUT2D eigenvalue weighted by Crippen LogP contribution is 2.40. The molecular formula is C12H14N2O6S. The molecular weight excluding hydrogens is 300 g/mol. The largest absolute Gasteiger partial charge is 0.477 e. The van der Waals surface area contributed by atoms with Crippen LogP contribution in [0.1, 0.15) is 13.8 Å². The van der Waals surface area contributed by atoms with Gasteiger partial charge in [0.25, 0.3) is 5.91 Å². The standard InChI is InChI=1S/C12H14N2O6S/c1-5(15)13-8-10(17)14-9(12(18)19)7(3-20-6(2)16)4-21-11(8)14/h8,11H,3-4H2,1-2H3,(H,13,15)(H,18,19)/t8?,11-/m1/s1. The van der Waals surface area contributed by atoms with Gasteiger partial charge in [-0.05, 0) is 0 Å². The highest BCUT2D eigenvalue weighted by atomic mass is 32.2. The lowest BCUT2D eigenvalue weighted by atomic mass is 10.0. The lowest BCUT2D eigenvalue weighted by molar-refractivity contribution is -0.150. The van der Waals surface area contributed by atoms with Gasteiger partial charge in [-0.3, -0.25) is 19.3 Å². The van der Waals surface area contributed by atoms with Crippen molar-refractivity contribution in [2.45, 2.75) is 25.3 Å². The average molecular weight is 314 g/mol. The summed E-state index contributed by atoms with van der Waals surface area (Å²) in [5.41, 5.74) is 0.208. The maximum Gasteiger partial charge on any atom is 0.352 e. The van der Waals surface area contributed by atoms with Crippen molar-refractivity contribution < 1.29 is 29.0 Å². The van der Waals surface area contributed by atoms with Crippen LogP contribution in [-0.2, 0) is 23.9 Å². The van der Waals surface area contributed by atoms with Gasteiger partial charge in [-0.1, -0.05) is 0 Å². The average Bonchev–Trinajstić information content (AvgIpc) is 2.40. The Morgan fingerprint density at radius 1 is 1.43 bits per heavy atom. The number of rotatable bonds is 4. The highest BCUT2D eigenvalue weighted by Gasteiger charge is 2.53. The van der Waals surface area contributed by atoms with Crippen LogP contribution in [0.15, 0.2) is 11.3 Å². The number of carbonyl (C=O) groups excluding carboxylic acids is 3. The molecule has 2 amide bonds. The second-order valence-corrected chi connectivity index (χ2v) is 5.73. The van der Waals surface area contributed by atoms with Crippen LogP contribution in [-0.4, -0.2) is 57.5 Å². The first kappa shape index (κ1) is 15.4. The molecule has 1 fully saturated rings. The molecule has 0 aromatic rings. The molecule has 0 bridgehead atoms. The summed E-state index contributed by atoms with van der Waals surface area (Å²) >= 11 is 1.33. The first-order valence-electron chi connectivity index (χ1n) is 6.13. The molecule has 9 heteroatoms. The molecule has 114 valence electrons. The number of nitrogens with zero attached hydrogens (tertiary/aromatic N) is 1. The highest BCUT2D eigenvalue weighted by molar-refractivity contribution is 8.00. The number of nitrogens with one attached hydrogen (secondary N) is 1. The van der Waals surface area contributed by atoms with Crippen LogP contribution in [0.5, 0.6) is 0 Å². The second-order valence-electron chi connectivity index (χ2n) is 4.63. The molecule has 2 aliphatic rings. The van der Waals surface area contributed by atoms with Gasteiger partial charge in [-0.2, -0.15) is 0 Å². The second kappa shape index (κ2) is 5.76. The molecule has 8 nitrogen and oxygen atoms in total. The molecule has 2 aliphatic heterocycles. The van der Waals surface area contributed by atoms with Crippen LogP contribution in [0, 0.1) is 0 Å². The van der Waals surface area contributed by atoms with Crippen LogP contribution >= 0.6 is 11.8 Å².